The first-order valence-electron chi connectivity index (χ1n) is 11.7. The molecule has 36 heavy (non-hydrogen) atoms. The number of hydrogen-bond donors (Lipinski definition) is 8. The van der Waals surface area contributed by atoms with Crippen molar-refractivity contribution < 1.29 is 29.4 Å². The molecule has 0 radical (unpaired) electrons. The SMILES string of the molecule is CC(C)CC(NC(=O)C(CS)NC(=O)C(NC(=O)C(N)Cc1c[nH]c2ccccc12)C(C)O)C(=O)O. The van der Waals surface area contributed by atoms with Gasteiger partial charge in [-0.15, -0.1) is 0 Å². The summed E-state index contributed by atoms with van der Waals surface area (Å²) >= 11 is 4.08. The van der Waals surface area contributed by atoms with Crippen molar-refractivity contribution in [2.24, 2.45) is 11.7 Å². The van der Waals surface area contributed by atoms with E-state index in [9.17, 15) is 29.4 Å². The molecule has 0 bridgehead atoms. The maximum Gasteiger partial charge on any atom is 0.326 e. The fourth-order valence-electron chi connectivity index (χ4n) is 3.72. The average Bonchev–Trinajstić information content (AvgIpc) is 3.22. The molecular formula is C24H35N5O6S. The molecule has 2 rings (SSSR count). The first-order valence-corrected chi connectivity index (χ1v) is 12.3. The van der Waals surface area contributed by atoms with Crippen LogP contribution in [-0.4, -0.2) is 74.9 Å². The Morgan fingerprint density at radius 2 is 1.64 bits per heavy atom. The lowest BCUT2D eigenvalue weighted by Gasteiger charge is -2.26. The maximum atomic E-state index is 12.8. The summed E-state index contributed by atoms with van der Waals surface area (Å²) in [6.07, 6.45) is 0.856. The highest BCUT2D eigenvalue weighted by molar-refractivity contribution is 7.80. The Bertz CT molecular complexity index is 1070. The van der Waals surface area contributed by atoms with Crippen molar-refractivity contribution >= 4 is 47.2 Å². The minimum atomic E-state index is -1.40. The Kier molecular flexibility index (Phi) is 10.8. The van der Waals surface area contributed by atoms with Gasteiger partial charge in [0.05, 0.1) is 12.1 Å². The number of para-hydroxylation sites is 1. The lowest BCUT2D eigenvalue weighted by atomic mass is 10.0. The van der Waals surface area contributed by atoms with Crippen LogP contribution in [0.25, 0.3) is 10.9 Å². The van der Waals surface area contributed by atoms with Crippen LogP contribution >= 0.6 is 12.6 Å². The number of carboxylic acids is 1. The van der Waals surface area contributed by atoms with E-state index in [0.717, 1.165) is 16.5 Å². The predicted octanol–water partition coefficient (Wildman–Crippen LogP) is -0.0666. The Morgan fingerprint density at radius 3 is 2.22 bits per heavy atom. The highest BCUT2D eigenvalue weighted by Crippen LogP contribution is 2.18. The van der Waals surface area contributed by atoms with Gasteiger partial charge in [0, 0.05) is 22.9 Å². The number of carbonyl (C=O) groups excluding carboxylic acids is 3. The van der Waals surface area contributed by atoms with E-state index in [4.69, 9.17) is 5.73 Å². The van der Waals surface area contributed by atoms with E-state index >= 15 is 0 Å². The summed E-state index contributed by atoms with van der Waals surface area (Å²) < 4.78 is 0. The van der Waals surface area contributed by atoms with Crippen LogP contribution in [-0.2, 0) is 25.6 Å². The second-order valence-electron chi connectivity index (χ2n) is 9.17. The molecule has 0 aliphatic rings. The van der Waals surface area contributed by atoms with E-state index in [-0.39, 0.29) is 24.5 Å². The molecule has 5 atom stereocenters. The molecular weight excluding hydrogens is 486 g/mol. The molecule has 1 aromatic heterocycles. The predicted molar refractivity (Wildman–Crippen MR) is 138 cm³/mol. The number of fused-ring (bicyclic) bond motifs is 1. The standard InChI is InChI=1S/C24H35N5O6S/c1-12(2)8-18(24(34)35)27-22(32)19(11-36)28-23(33)20(13(3)30)29-21(31)16(25)9-14-10-26-17-7-5-4-6-15(14)17/h4-7,10,12-13,16,18-20,26,30,36H,8-9,11,25H2,1-3H3,(H,27,32)(H,28,33)(H,29,31)(H,34,35). The van der Waals surface area contributed by atoms with Crippen LogP contribution in [0.2, 0.25) is 0 Å². The molecule has 0 fully saturated rings. The van der Waals surface area contributed by atoms with Gasteiger partial charge in [-0.2, -0.15) is 12.6 Å². The number of aromatic amines is 1. The minimum Gasteiger partial charge on any atom is -0.480 e. The topological polar surface area (TPSA) is 187 Å². The number of hydrogen-bond acceptors (Lipinski definition) is 7. The molecule has 1 aromatic carbocycles. The summed E-state index contributed by atoms with van der Waals surface area (Å²) in [7, 11) is 0. The number of aliphatic hydroxyl groups is 1. The molecule has 0 aliphatic carbocycles. The summed E-state index contributed by atoms with van der Waals surface area (Å²) in [5, 5.41) is 27.7. The molecule has 0 aliphatic heterocycles. The summed E-state index contributed by atoms with van der Waals surface area (Å²) in [6.45, 7) is 4.95. The Labute approximate surface area is 215 Å². The van der Waals surface area contributed by atoms with Gasteiger partial charge in [-0.3, -0.25) is 14.4 Å². The number of benzene rings is 1. The van der Waals surface area contributed by atoms with E-state index in [0.29, 0.717) is 0 Å². The van der Waals surface area contributed by atoms with Gasteiger partial charge in [-0.05, 0) is 37.3 Å². The molecule has 3 amide bonds. The number of thiol groups is 1. The van der Waals surface area contributed by atoms with Crippen LogP contribution in [0.5, 0.6) is 0 Å². The molecule has 12 heteroatoms. The highest BCUT2D eigenvalue weighted by Gasteiger charge is 2.32. The van der Waals surface area contributed by atoms with Gasteiger partial charge in [-0.1, -0.05) is 32.0 Å². The molecule has 5 unspecified atom stereocenters. The van der Waals surface area contributed by atoms with Crippen LogP contribution < -0.4 is 21.7 Å². The third kappa shape index (κ3) is 7.97. The van der Waals surface area contributed by atoms with Crippen LogP contribution in [0.3, 0.4) is 0 Å². The number of amides is 3. The lowest BCUT2D eigenvalue weighted by Crippen LogP contribution is -2.60. The molecule has 11 nitrogen and oxygen atoms in total. The zero-order valence-electron chi connectivity index (χ0n) is 20.5. The van der Waals surface area contributed by atoms with Crippen molar-refractivity contribution in [2.75, 3.05) is 5.75 Å². The number of nitrogens with two attached hydrogens (primary N) is 1. The molecule has 8 N–H and O–H groups in total. The fourth-order valence-corrected chi connectivity index (χ4v) is 3.97. The average molecular weight is 522 g/mol. The van der Waals surface area contributed by atoms with Crippen molar-refractivity contribution in [3.63, 3.8) is 0 Å². The fraction of sp³-hybridized carbons (Fsp3) is 0.500. The van der Waals surface area contributed by atoms with E-state index in [1.807, 2.05) is 38.1 Å². The van der Waals surface area contributed by atoms with Crippen molar-refractivity contribution in [2.45, 2.75) is 63.9 Å². The third-order valence-electron chi connectivity index (χ3n) is 5.65. The zero-order chi connectivity index (χ0) is 27.0. The third-order valence-corrected chi connectivity index (χ3v) is 6.02. The molecule has 0 spiro atoms. The zero-order valence-corrected chi connectivity index (χ0v) is 21.4. The van der Waals surface area contributed by atoms with Gasteiger partial charge in [0.15, 0.2) is 0 Å². The van der Waals surface area contributed by atoms with E-state index in [2.05, 4.69) is 33.6 Å². The summed E-state index contributed by atoms with van der Waals surface area (Å²) in [6, 6.07) is 2.83. The summed E-state index contributed by atoms with van der Waals surface area (Å²) in [5.74, 6) is -3.54. The second-order valence-corrected chi connectivity index (χ2v) is 9.53. The normalized spacial score (nSPS) is 15.5. The van der Waals surface area contributed by atoms with Gasteiger partial charge < -0.3 is 36.9 Å². The number of carbonyl (C=O) groups is 4. The number of carboxylic acid groups (broad SMARTS) is 1. The van der Waals surface area contributed by atoms with Crippen molar-refractivity contribution in [3.05, 3.63) is 36.0 Å². The number of H-pyrrole nitrogens is 1. The van der Waals surface area contributed by atoms with E-state index in [1.165, 1.54) is 6.92 Å². The number of rotatable bonds is 13. The number of aromatic nitrogens is 1. The first-order chi connectivity index (χ1) is 16.9. The van der Waals surface area contributed by atoms with Crippen LogP contribution in [0.4, 0.5) is 0 Å². The van der Waals surface area contributed by atoms with Gasteiger partial charge >= 0.3 is 5.97 Å². The monoisotopic (exact) mass is 521 g/mol. The Morgan fingerprint density at radius 1 is 1.00 bits per heavy atom. The van der Waals surface area contributed by atoms with Crippen molar-refractivity contribution in [1.82, 2.24) is 20.9 Å². The molecule has 198 valence electrons. The lowest BCUT2D eigenvalue weighted by molar-refractivity contribution is -0.142. The largest absolute Gasteiger partial charge is 0.480 e. The quantitative estimate of drug-likeness (QED) is 0.169. The molecule has 0 saturated heterocycles. The van der Waals surface area contributed by atoms with Gasteiger partial charge in [-0.25, -0.2) is 4.79 Å². The molecule has 1 heterocycles. The van der Waals surface area contributed by atoms with E-state index in [1.54, 1.807) is 6.20 Å². The maximum absolute atomic E-state index is 12.8. The number of aliphatic hydroxyl groups excluding tert-OH is 1. The van der Waals surface area contributed by atoms with Crippen LogP contribution in [0.15, 0.2) is 30.5 Å². The number of aliphatic carboxylic acids is 1. The summed E-state index contributed by atoms with van der Waals surface area (Å²) in [4.78, 5) is 52.7. The molecule has 0 saturated carbocycles. The van der Waals surface area contributed by atoms with Crippen LogP contribution in [0.1, 0.15) is 32.8 Å². The van der Waals surface area contributed by atoms with Gasteiger partial charge in [0.25, 0.3) is 0 Å². The highest BCUT2D eigenvalue weighted by atomic mass is 32.1. The van der Waals surface area contributed by atoms with Crippen LogP contribution in [0, 0.1) is 5.92 Å². The first kappa shape index (κ1) is 29.1. The van der Waals surface area contributed by atoms with Gasteiger partial charge in [0.1, 0.15) is 18.1 Å². The minimum absolute atomic E-state index is 0.0127. The Balaban J connectivity index is 2.03. The van der Waals surface area contributed by atoms with Gasteiger partial charge in [0.2, 0.25) is 17.7 Å². The Hall–Kier alpha value is -3.09. The smallest absolute Gasteiger partial charge is 0.326 e. The number of nitrogens with one attached hydrogen (secondary N) is 4. The second kappa shape index (κ2) is 13.3. The van der Waals surface area contributed by atoms with Crippen molar-refractivity contribution in [3.8, 4) is 0 Å². The molecule has 2 aromatic rings. The summed E-state index contributed by atoms with van der Waals surface area (Å²) in [5.41, 5.74) is 7.80. The van der Waals surface area contributed by atoms with E-state index < -0.39 is 54.0 Å². The van der Waals surface area contributed by atoms with Crippen molar-refractivity contribution in [1.29, 1.82) is 0 Å².